The number of anilines is 2. The standard InChI is InChI=1S/C45H29N3S/c46-28-29-15-21-36-37-22-20-32(26-40(37)45(39(36)25-29,34-9-3-1-4-10-34)35-11-5-2-6-12-35)30-16-18-31(19-17-30)33-23-24-48-42(27-33)47-43-38-13-7-8-14-41(38)49-44(43)48/h1-27,42,47H. The summed E-state index contributed by atoms with van der Waals surface area (Å²) in [7, 11) is 0. The van der Waals surface area contributed by atoms with E-state index in [2.05, 4.69) is 174 Å². The Labute approximate surface area is 289 Å². The summed E-state index contributed by atoms with van der Waals surface area (Å²) in [6, 6.07) is 54.5. The summed E-state index contributed by atoms with van der Waals surface area (Å²) >= 11 is 1.84. The zero-order chi connectivity index (χ0) is 32.5. The molecule has 10 rings (SSSR count). The fraction of sp³-hybridized carbons (Fsp3) is 0.0444. The molecular formula is C45H29N3S. The monoisotopic (exact) mass is 643 g/mol. The van der Waals surface area contributed by atoms with Crippen LogP contribution in [0.15, 0.2) is 164 Å². The van der Waals surface area contributed by atoms with E-state index in [4.69, 9.17) is 0 Å². The molecule has 230 valence electrons. The van der Waals surface area contributed by atoms with Crippen molar-refractivity contribution in [2.24, 2.45) is 0 Å². The zero-order valence-corrected chi connectivity index (χ0v) is 27.3. The van der Waals surface area contributed by atoms with E-state index in [0.717, 1.165) is 5.56 Å². The lowest BCUT2D eigenvalue weighted by Crippen LogP contribution is -2.31. The molecule has 7 aromatic rings. The molecule has 0 spiro atoms. The van der Waals surface area contributed by atoms with Gasteiger partial charge in [-0.05, 0) is 92.1 Å². The van der Waals surface area contributed by atoms with Gasteiger partial charge in [-0.1, -0.05) is 121 Å². The Morgan fingerprint density at radius 1 is 0.653 bits per heavy atom. The number of nitrogens with zero attached hydrogens (tertiary/aromatic N) is 2. The van der Waals surface area contributed by atoms with E-state index in [0.29, 0.717) is 5.56 Å². The maximum atomic E-state index is 9.96. The maximum absolute atomic E-state index is 9.96. The first-order valence-electron chi connectivity index (χ1n) is 16.6. The van der Waals surface area contributed by atoms with Crippen LogP contribution < -0.4 is 10.2 Å². The highest BCUT2D eigenvalue weighted by molar-refractivity contribution is 7.23. The van der Waals surface area contributed by atoms with Crippen molar-refractivity contribution in [1.29, 1.82) is 5.26 Å². The van der Waals surface area contributed by atoms with E-state index >= 15 is 0 Å². The van der Waals surface area contributed by atoms with Crippen LogP contribution in [0.4, 0.5) is 10.7 Å². The fourth-order valence-corrected chi connectivity index (χ4v) is 9.34. The van der Waals surface area contributed by atoms with Crippen LogP contribution in [0.1, 0.15) is 33.4 Å². The zero-order valence-electron chi connectivity index (χ0n) is 26.5. The molecule has 0 radical (unpaired) electrons. The molecule has 0 saturated carbocycles. The summed E-state index contributed by atoms with van der Waals surface area (Å²) in [5, 5.41) is 16.3. The molecule has 4 heteroatoms. The predicted molar refractivity (Wildman–Crippen MR) is 203 cm³/mol. The molecule has 2 aliphatic heterocycles. The molecule has 3 nitrogen and oxygen atoms in total. The van der Waals surface area contributed by atoms with E-state index in [1.54, 1.807) is 0 Å². The lowest BCUT2D eigenvalue weighted by molar-refractivity contribution is 0.768. The van der Waals surface area contributed by atoms with Gasteiger partial charge in [0.1, 0.15) is 11.2 Å². The molecule has 3 heterocycles. The summed E-state index contributed by atoms with van der Waals surface area (Å²) in [6.45, 7) is 0. The third-order valence-corrected chi connectivity index (χ3v) is 11.6. The Balaban J connectivity index is 1.05. The summed E-state index contributed by atoms with van der Waals surface area (Å²) in [5.41, 5.74) is 13.3. The van der Waals surface area contributed by atoms with E-state index < -0.39 is 5.41 Å². The molecule has 6 aromatic carbocycles. The molecule has 0 fully saturated rings. The molecule has 1 unspecified atom stereocenters. The van der Waals surface area contributed by atoms with Gasteiger partial charge in [-0.15, -0.1) is 11.3 Å². The first-order valence-corrected chi connectivity index (χ1v) is 17.4. The second-order valence-corrected chi connectivity index (χ2v) is 13.9. The first kappa shape index (κ1) is 27.9. The average Bonchev–Trinajstić information content (AvgIpc) is 3.81. The van der Waals surface area contributed by atoms with Gasteiger partial charge in [-0.3, -0.25) is 0 Å². The summed E-state index contributed by atoms with van der Waals surface area (Å²) < 4.78 is 1.31. The Kier molecular flexibility index (Phi) is 6.09. The Bertz CT molecular complexity index is 2500. The molecule has 49 heavy (non-hydrogen) atoms. The number of hydrogen-bond donors (Lipinski definition) is 1. The van der Waals surface area contributed by atoms with E-state index in [-0.39, 0.29) is 6.17 Å². The first-order chi connectivity index (χ1) is 24.2. The lowest BCUT2D eigenvalue weighted by Gasteiger charge is -2.34. The van der Waals surface area contributed by atoms with Gasteiger partial charge in [0, 0.05) is 16.3 Å². The number of benzene rings is 6. The third kappa shape index (κ3) is 4.07. The van der Waals surface area contributed by atoms with Gasteiger partial charge in [-0.25, -0.2) is 0 Å². The second kappa shape index (κ2) is 10.7. The van der Waals surface area contributed by atoms with Crippen molar-refractivity contribution < 1.29 is 0 Å². The highest BCUT2D eigenvalue weighted by atomic mass is 32.1. The van der Waals surface area contributed by atoms with Crippen LogP contribution in [0, 0.1) is 11.3 Å². The number of nitrogens with one attached hydrogen (secondary N) is 1. The van der Waals surface area contributed by atoms with Crippen LogP contribution in [-0.2, 0) is 5.41 Å². The maximum Gasteiger partial charge on any atom is 0.124 e. The van der Waals surface area contributed by atoms with Crippen molar-refractivity contribution >= 4 is 37.7 Å². The Morgan fingerprint density at radius 3 is 2.02 bits per heavy atom. The summed E-state index contributed by atoms with van der Waals surface area (Å²) in [4.78, 5) is 2.34. The van der Waals surface area contributed by atoms with Crippen LogP contribution in [0.3, 0.4) is 0 Å². The number of allylic oxidation sites excluding steroid dienone is 2. The van der Waals surface area contributed by atoms with Crippen LogP contribution in [0.2, 0.25) is 0 Å². The number of nitriles is 1. The van der Waals surface area contributed by atoms with Crippen LogP contribution >= 0.6 is 11.3 Å². The lowest BCUT2D eigenvalue weighted by atomic mass is 9.67. The van der Waals surface area contributed by atoms with Gasteiger partial charge in [0.15, 0.2) is 0 Å². The molecular weight excluding hydrogens is 615 g/mol. The third-order valence-electron chi connectivity index (χ3n) is 10.4. The SMILES string of the molecule is N#Cc1ccc2c(c1)C(c1ccccc1)(c1ccccc1)c1cc(-c3ccc(C4=CC5Nc6c(sc7ccccc67)N5C=C4)cc3)ccc1-2. The largest absolute Gasteiger partial charge is 0.359 e. The topological polar surface area (TPSA) is 39.1 Å². The van der Waals surface area contributed by atoms with Crippen LogP contribution in [-0.4, -0.2) is 6.17 Å². The van der Waals surface area contributed by atoms with Gasteiger partial charge in [0.05, 0.1) is 22.7 Å². The van der Waals surface area contributed by atoms with E-state index in [1.165, 1.54) is 70.9 Å². The molecule has 0 saturated heterocycles. The van der Waals surface area contributed by atoms with Crippen molar-refractivity contribution in [1.82, 2.24) is 0 Å². The summed E-state index contributed by atoms with van der Waals surface area (Å²) in [5.74, 6) is 0. The molecule has 1 aliphatic carbocycles. The molecule has 3 aliphatic rings. The quantitative estimate of drug-likeness (QED) is 0.207. The van der Waals surface area contributed by atoms with Gasteiger partial charge in [-0.2, -0.15) is 5.26 Å². The van der Waals surface area contributed by atoms with E-state index in [9.17, 15) is 5.26 Å². The van der Waals surface area contributed by atoms with Crippen molar-refractivity contribution in [2.45, 2.75) is 11.6 Å². The Hall–Kier alpha value is -6.15. The molecule has 0 amide bonds. The van der Waals surface area contributed by atoms with Crippen molar-refractivity contribution in [3.05, 3.63) is 197 Å². The minimum Gasteiger partial charge on any atom is -0.359 e. The van der Waals surface area contributed by atoms with Crippen LogP contribution in [0.25, 0.3) is 37.9 Å². The summed E-state index contributed by atoms with van der Waals surface area (Å²) in [6.07, 6.45) is 6.87. The predicted octanol–water partition coefficient (Wildman–Crippen LogP) is 11.0. The van der Waals surface area contributed by atoms with Crippen molar-refractivity contribution in [2.75, 3.05) is 10.2 Å². The van der Waals surface area contributed by atoms with Crippen molar-refractivity contribution in [3.8, 4) is 28.3 Å². The fourth-order valence-electron chi connectivity index (χ4n) is 8.15. The minimum atomic E-state index is -0.555. The van der Waals surface area contributed by atoms with Gasteiger partial charge in [0.25, 0.3) is 0 Å². The average molecular weight is 644 g/mol. The molecule has 1 aromatic heterocycles. The number of hydrogen-bond acceptors (Lipinski definition) is 4. The minimum absolute atomic E-state index is 0.106. The number of fused-ring (bicyclic) bond motifs is 8. The molecule has 0 bridgehead atoms. The smallest absolute Gasteiger partial charge is 0.124 e. The molecule has 1 N–H and O–H groups in total. The van der Waals surface area contributed by atoms with Gasteiger partial charge >= 0.3 is 0 Å². The van der Waals surface area contributed by atoms with Crippen LogP contribution in [0.5, 0.6) is 0 Å². The molecule has 1 atom stereocenters. The highest BCUT2D eigenvalue weighted by Crippen LogP contribution is 2.57. The van der Waals surface area contributed by atoms with Gasteiger partial charge < -0.3 is 10.2 Å². The second-order valence-electron chi connectivity index (χ2n) is 12.9. The van der Waals surface area contributed by atoms with Crippen molar-refractivity contribution in [3.63, 3.8) is 0 Å². The van der Waals surface area contributed by atoms with E-state index in [1.807, 2.05) is 17.4 Å². The Morgan fingerprint density at radius 2 is 1.29 bits per heavy atom. The number of rotatable bonds is 4. The van der Waals surface area contributed by atoms with Gasteiger partial charge in [0.2, 0.25) is 0 Å². The normalized spacial score (nSPS) is 16.3. The number of thiophene rings is 1. The highest BCUT2D eigenvalue weighted by Gasteiger charge is 2.46.